The minimum Gasteiger partial charge on any atom is -0.484 e. The van der Waals surface area contributed by atoms with Gasteiger partial charge in [-0.25, -0.2) is 0 Å². The predicted molar refractivity (Wildman–Crippen MR) is 101 cm³/mol. The van der Waals surface area contributed by atoms with Crippen LogP contribution in [0.15, 0.2) is 48.8 Å². The number of ether oxygens (including phenoxy) is 1. The van der Waals surface area contributed by atoms with Crippen molar-refractivity contribution in [3.8, 4) is 17.0 Å². The third kappa shape index (κ3) is 3.64. The summed E-state index contributed by atoms with van der Waals surface area (Å²) in [7, 11) is 1.60. The summed E-state index contributed by atoms with van der Waals surface area (Å²) in [5, 5.41) is 7.01. The lowest BCUT2D eigenvalue weighted by Crippen LogP contribution is -2.19. The van der Waals surface area contributed by atoms with Gasteiger partial charge in [-0.3, -0.25) is 9.48 Å². The van der Waals surface area contributed by atoms with E-state index in [-0.39, 0.29) is 18.1 Å². The van der Waals surface area contributed by atoms with Gasteiger partial charge in [0, 0.05) is 30.9 Å². The minimum atomic E-state index is -0.220. The molecule has 1 amide bonds. The quantitative estimate of drug-likeness (QED) is 0.705. The maximum Gasteiger partial charge on any atom is 0.271 e. The van der Waals surface area contributed by atoms with Crippen LogP contribution in [-0.4, -0.2) is 27.7 Å². The van der Waals surface area contributed by atoms with E-state index in [1.54, 1.807) is 13.2 Å². The Hall–Kier alpha value is -3.02. The highest BCUT2D eigenvalue weighted by molar-refractivity contribution is 5.96. The van der Waals surface area contributed by atoms with Crippen LogP contribution in [0.4, 0.5) is 0 Å². The van der Waals surface area contributed by atoms with Crippen molar-refractivity contribution in [2.24, 2.45) is 0 Å². The number of aromatic nitrogens is 3. The zero-order chi connectivity index (χ0) is 18.7. The lowest BCUT2D eigenvalue weighted by atomic mass is 10.1. The van der Waals surface area contributed by atoms with E-state index in [0.29, 0.717) is 11.4 Å². The Morgan fingerprint density at radius 3 is 2.58 bits per heavy atom. The van der Waals surface area contributed by atoms with Crippen LogP contribution in [0.3, 0.4) is 0 Å². The molecule has 0 unspecified atom stereocenters. The van der Waals surface area contributed by atoms with E-state index in [4.69, 9.17) is 4.74 Å². The van der Waals surface area contributed by atoms with Crippen molar-refractivity contribution in [2.45, 2.75) is 32.9 Å². The average molecular weight is 352 g/mol. The van der Waals surface area contributed by atoms with Gasteiger partial charge in [-0.1, -0.05) is 30.3 Å². The molecule has 0 bridgehead atoms. The van der Waals surface area contributed by atoms with Crippen LogP contribution in [0, 0.1) is 0 Å². The first-order chi connectivity index (χ1) is 12.5. The molecule has 0 saturated carbocycles. The third-order valence-corrected chi connectivity index (χ3v) is 4.25. The second-order valence-electron chi connectivity index (χ2n) is 6.47. The molecule has 6 nitrogen and oxygen atoms in total. The minimum absolute atomic E-state index is 0.179. The lowest BCUT2D eigenvalue weighted by molar-refractivity contribution is 0.0952. The monoisotopic (exact) mass is 352 g/mol. The highest BCUT2D eigenvalue weighted by atomic mass is 16.5. The Morgan fingerprint density at radius 2 is 1.96 bits per heavy atom. The van der Waals surface area contributed by atoms with Crippen molar-refractivity contribution in [1.29, 1.82) is 0 Å². The Labute approximate surface area is 153 Å². The summed E-state index contributed by atoms with van der Waals surface area (Å²) in [6.07, 6.45) is 3.56. The van der Waals surface area contributed by atoms with Gasteiger partial charge in [-0.05, 0) is 26.3 Å². The van der Waals surface area contributed by atoms with Crippen LogP contribution in [0.2, 0.25) is 0 Å². The van der Waals surface area contributed by atoms with Crippen molar-refractivity contribution in [2.75, 3.05) is 7.05 Å². The topological polar surface area (TPSA) is 71.9 Å². The lowest BCUT2D eigenvalue weighted by Gasteiger charge is -2.14. The molecular formula is C20H24N4O2. The second-order valence-corrected chi connectivity index (χ2v) is 6.47. The third-order valence-electron chi connectivity index (χ3n) is 4.25. The number of hydrogen-bond acceptors (Lipinski definition) is 3. The summed E-state index contributed by atoms with van der Waals surface area (Å²) < 4.78 is 7.97. The van der Waals surface area contributed by atoms with Crippen molar-refractivity contribution in [3.05, 3.63) is 60.0 Å². The van der Waals surface area contributed by atoms with Gasteiger partial charge >= 0.3 is 0 Å². The van der Waals surface area contributed by atoms with Crippen molar-refractivity contribution in [1.82, 2.24) is 20.1 Å². The number of rotatable bonds is 6. The molecular weight excluding hydrogens is 328 g/mol. The number of nitrogens with one attached hydrogen (secondary N) is 2. The molecule has 0 fully saturated rings. The summed E-state index contributed by atoms with van der Waals surface area (Å²) in [6.45, 7) is 6.10. The zero-order valence-corrected chi connectivity index (χ0v) is 15.5. The van der Waals surface area contributed by atoms with Gasteiger partial charge in [0.1, 0.15) is 11.8 Å². The van der Waals surface area contributed by atoms with E-state index >= 15 is 0 Å². The molecule has 0 radical (unpaired) electrons. The Bertz CT molecular complexity index is 880. The number of carbonyl (C=O) groups excluding carboxylic acids is 1. The van der Waals surface area contributed by atoms with E-state index in [9.17, 15) is 4.79 Å². The Morgan fingerprint density at radius 1 is 1.23 bits per heavy atom. The molecule has 0 saturated heterocycles. The number of carbonyl (C=O) groups is 1. The fourth-order valence-electron chi connectivity index (χ4n) is 2.72. The average Bonchev–Trinajstić information content (AvgIpc) is 3.29. The van der Waals surface area contributed by atoms with Gasteiger partial charge in [0.15, 0.2) is 5.75 Å². The maximum absolute atomic E-state index is 12.3. The Kier molecular flexibility index (Phi) is 5.11. The first-order valence-electron chi connectivity index (χ1n) is 8.70. The van der Waals surface area contributed by atoms with Gasteiger partial charge < -0.3 is 15.0 Å². The molecule has 6 heteroatoms. The zero-order valence-electron chi connectivity index (χ0n) is 15.5. The molecule has 26 heavy (non-hydrogen) atoms. The molecule has 2 N–H and O–H groups in total. The number of amides is 1. The number of aromatic amines is 1. The molecule has 0 aliphatic carbocycles. The van der Waals surface area contributed by atoms with E-state index in [1.165, 1.54) is 0 Å². The molecule has 0 spiro atoms. The van der Waals surface area contributed by atoms with E-state index in [1.807, 2.05) is 54.2 Å². The molecule has 136 valence electrons. The predicted octanol–water partition coefficient (Wildman–Crippen LogP) is 3.96. The summed E-state index contributed by atoms with van der Waals surface area (Å²) in [5.41, 5.74) is 3.16. The summed E-state index contributed by atoms with van der Waals surface area (Å²) in [6, 6.07) is 12.0. The first-order valence-corrected chi connectivity index (χ1v) is 8.70. The van der Waals surface area contributed by atoms with E-state index in [0.717, 1.165) is 16.8 Å². The van der Waals surface area contributed by atoms with Crippen LogP contribution in [0.5, 0.6) is 5.75 Å². The number of benzene rings is 1. The van der Waals surface area contributed by atoms with Gasteiger partial charge in [-0.15, -0.1) is 0 Å². The molecule has 1 atom stereocenters. The summed E-state index contributed by atoms with van der Waals surface area (Å²) in [5.74, 6) is 0.302. The van der Waals surface area contributed by atoms with Gasteiger partial charge in [-0.2, -0.15) is 5.10 Å². The largest absolute Gasteiger partial charge is 0.484 e. The molecule has 3 aromatic rings. The van der Waals surface area contributed by atoms with Crippen molar-refractivity contribution >= 4 is 5.91 Å². The molecule has 2 aromatic heterocycles. The van der Waals surface area contributed by atoms with Gasteiger partial charge in [0.05, 0.1) is 11.9 Å². The van der Waals surface area contributed by atoms with Crippen LogP contribution < -0.4 is 10.1 Å². The normalized spacial score (nSPS) is 12.2. The van der Waals surface area contributed by atoms with Crippen LogP contribution in [-0.2, 0) is 0 Å². The van der Waals surface area contributed by atoms with Crippen LogP contribution >= 0.6 is 0 Å². The SMILES string of the molecule is CNC(=O)c1[nH]c(-c2cnn(C(C)C)c2)cc1O[C@@H](C)c1ccccc1. The van der Waals surface area contributed by atoms with Crippen molar-refractivity contribution < 1.29 is 9.53 Å². The van der Waals surface area contributed by atoms with E-state index in [2.05, 4.69) is 29.2 Å². The number of H-pyrrole nitrogens is 1. The molecule has 2 heterocycles. The maximum atomic E-state index is 12.3. The number of hydrogen-bond donors (Lipinski definition) is 2. The molecule has 1 aromatic carbocycles. The summed E-state index contributed by atoms with van der Waals surface area (Å²) >= 11 is 0. The first kappa shape index (κ1) is 17.8. The van der Waals surface area contributed by atoms with Crippen LogP contribution in [0.1, 0.15) is 49.0 Å². The van der Waals surface area contributed by atoms with Crippen molar-refractivity contribution in [3.63, 3.8) is 0 Å². The van der Waals surface area contributed by atoms with Gasteiger partial charge in [0.2, 0.25) is 0 Å². The van der Waals surface area contributed by atoms with Gasteiger partial charge in [0.25, 0.3) is 5.91 Å². The standard InChI is InChI=1S/C20H24N4O2/c1-13(2)24-12-16(11-22-24)17-10-18(19(23-17)20(25)21-4)26-14(3)15-8-6-5-7-9-15/h5-14,23H,1-4H3,(H,21,25)/t14-/m0/s1. The fourth-order valence-corrected chi connectivity index (χ4v) is 2.72. The highest BCUT2D eigenvalue weighted by Crippen LogP contribution is 2.31. The second kappa shape index (κ2) is 7.47. The Balaban J connectivity index is 1.93. The molecule has 0 aliphatic rings. The smallest absolute Gasteiger partial charge is 0.271 e. The van der Waals surface area contributed by atoms with E-state index < -0.39 is 0 Å². The highest BCUT2D eigenvalue weighted by Gasteiger charge is 2.20. The summed E-state index contributed by atoms with van der Waals surface area (Å²) in [4.78, 5) is 15.4. The number of nitrogens with zero attached hydrogens (tertiary/aromatic N) is 2. The fraction of sp³-hybridized carbons (Fsp3) is 0.300. The molecule has 3 rings (SSSR count). The van der Waals surface area contributed by atoms with Crippen LogP contribution in [0.25, 0.3) is 11.3 Å². The molecule has 0 aliphatic heterocycles.